The maximum Gasteiger partial charge on any atom is 0.172 e. The first kappa shape index (κ1) is 24.9. The van der Waals surface area contributed by atoms with Gasteiger partial charge in [-0.05, 0) is 75.0 Å². The van der Waals surface area contributed by atoms with E-state index >= 15 is 0 Å². The third kappa shape index (κ3) is 3.62. The Morgan fingerprint density at radius 3 is 1.71 bits per heavy atom. The summed E-state index contributed by atoms with van der Waals surface area (Å²) < 4.78 is 20.2. The molecule has 0 spiro atoms. The van der Waals surface area contributed by atoms with Gasteiger partial charge in [0.15, 0.2) is 11.6 Å². The molecule has 0 aromatic carbocycles. The number of hydrogen-bond acceptors (Lipinski definition) is 3. The molecule has 31 heavy (non-hydrogen) atoms. The molecule has 5 rings (SSSR count). The van der Waals surface area contributed by atoms with E-state index in [9.17, 15) is 0 Å². The fraction of sp³-hybridized carbons (Fsp3) is 1.00. The lowest BCUT2D eigenvalue weighted by molar-refractivity contribution is -0.548. The van der Waals surface area contributed by atoms with Crippen LogP contribution in [0.5, 0.6) is 0 Å². The molecular formula is C26H48O3P2. The number of rotatable bonds is 4. The van der Waals surface area contributed by atoms with Crippen molar-refractivity contribution in [3.63, 3.8) is 0 Å². The summed E-state index contributed by atoms with van der Waals surface area (Å²) in [5, 5.41) is 0.739. The van der Waals surface area contributed by atoms with Crippen LogP contribution in [0.1, 0.15) is 101 Å². The van der Waals surface area contributed by atoms with E-state index in [2.05, 4.69) is 78.5 Å². The van der Waals surface area contributed by atoms with E-state index in [1.54, 1.807) is 0 Å². The second kappa shape index (κ2) is 7.13. The first-order valence-electron chi connectivity index (χ1n) is 12.5. The first-order valence-corrected chi connectivity index (χ1v) is 14.9. The van der Waals surface area contributed by atoms with Gasteiger partial charge >= 0.3 is 0 Å². The molecule has 0 N–H and O–H groups in total. The van der Waals surface area contributed by atoms with E-state index < -0.39 is 11.6 Å². The summed E-state index contributed by atoms with van der Waals surface area (Å²) in [5.74, 6) is 0.331. The molecule has 4 aliphatic heterocycles. The van der Waals surface area contributed by atoms with Crippen molar-refractivity contribution in [2.45, 2.75) is 134 Å². The predicted molar refractivity (Wildman–Crippen MR) is 135 cm³/mol. The molecule has 5 aliphatic rings. The molecule has 0 radical (unpaired) electrons. The van der Waals surface area contributed by atoms with Crippen molar-refractivity contribution in [1.82, 2.24) is 0 Å². The molecule has 4 saturated heterocycles. The lowest BCUT2D eigenvalue weighted by Gasteiger charge is -2.76. The summed E-state index contributed by atoms with van der Waals surface area (Å²) in [5.41, 5.74) is -0.437. The first-order chi connectivity index (χ1) is 13.9. The molecule has 5 heteroatoms. The van der Waals surface area contributed by atoms with E-state index in [0.717, 1.165) is 24.9 Å². The average Bonchev–Trinajstić information content (AvgIpc) is 2.95. The van der Waals surface area contributed by atoms with Gasteiger partial charge in [0.05, 0.1) is 11.2 Å². The number of ether oxygens (including phenoxy) is 3. The Balaban J connectivity index is 1.75. The van der Waals surface area contributed by atoms with Crippen LogP contribution in [0.25, 0.3) is 0 Å². The normalized spacial score (nSPS) is 49.9. The van der Waals surface area contributed by atoms with Crippen LogP contribution in [-0.4, -0.2) is 45.4 Å². The smallest absolute Gasteiger partial charge is 0.172 e. The topological polar surface area (TPSA) is 27.7 Å². The van der Waals surface area contributed by atoms with Crippen molar-refractivity contribution in [3.8, 4) is 0 Å². The van der Waals surface area contributed by atoms with E-state index in [1.807, 2.05) is 0 Å². The molecule has 1 saturated carbocycles. The fourth-order valence-corrected chi connectivity index (χ4v) is 14.2. The summed E-state index contributed by atoms with van der Waals surface area (Å²) in [6.07, 6.45) is 8.08. The van der Waals surface area contributed by atoms with Gasteiger partial charge in [-0.25, -0.2) is 0 Å². The lowest BCUT2D eigenvalue weighted by atomic mass is 9.48. The summed E-state index contributed by atoms with van der Waals surface area (Å²) in [4.78, 5) is 0. The minimum absolute atomic E-state index is 0.00536. The Bertz CT molecular complexity index is 663. The minimum Gasteiger partial charge on any atom is -0.343 e. The predicted octanol–water partition coefficient (Wildman–Crippen LogP) is 7.16. The van der Waals surface area contributed by atoms with Crippen molar-refractivity contribution in [1.29, 1.82) is 0 Å². The third-order valence-corrected chi connectivity index (χ3v) is 13.9. The van der Waals surface area contributed by atoms with Gasteiger partial charge in [-0.15, -0.1) is 9.24 Å². The van der Waals surface area contributed by atoms with Crippen molar-refractivity contribution < 1.29 is 14.2 Å². The van der Waals surface area contributed by atoms with Gasteiger partial charge in [0.1, 0.15) is 0 Å². The highest BCUT2D eigenvalue weighted by molar-refractivity contribution is 7.60. The third-order valence-electron chi connectivity index (χ3n) is 9.17. The van der Waals surface area contributed by atoms with E-state index in [1.165, 1.54) is 25.4 Å². The zero-order chi connectivity index (χ0) is 23.3. The Hall–Kier alpha value is 0.740. The Morgan fingerprint density at radius 2 is 1.29 bits per heavy atom. The average molecular weight is 471 g/mol. The van der Waals surface area contributed by atoms with Crippen molar-refractivity contribution in [2.24, 2.45) is 17.3 Å². The van der Waals surface area contributed by atoms with Crippen LogP contribution < -0.4 is 0 Å². The maximum absolute atomic E-state index is 6.93. The SMILES string of the molecule is CC12CC3(C)OC(C)(CC(C)(O1)C3(CP)[C@@H]1CCC[C@@H]1CP(C(C)(C)C)C(C)(C)C)O2. The van der Waals surface area contributed by atoms with Gasteiger partial charge in [-0.3, -0.25) is 0 Å². The molecule has 5 fully saturated rings. The van der Waals surface area contributed by atoms with Crippen molar-refractivity contribution in [2.75, 3.05) is 12.3 Å². The molecule has 3 nitrogen and oxygen atoms in total. The van der Waals surface area contributed by atoms with Gasteiger partial charge in [0, 0.05) is 18.3 Å². The van der Waals surface area contributed by atoms with Gasteiger partial charge < -0.3 is 14.2 Å². The van der Waals surface area contributed by atoms with Gasteiger partial charge in [-0.2, -0.15) is 0 Å². The van der Waals surface area contributed by atoms with Crippen LogP contribution in [0.2, 0.25) is 0 Å². The van der Waals surface area contributed by atoms with Crippen LogP contribution in [0.4, 0.5) is 0 Å². The molecule has 0 aromatic rings. The molecule has 4 heterocycles. The highest BCUT2D eigenvalue weighted by Crippen LogP contribution is 2.73. The minimum atomic E-state index is -0.532. The summed E-state index contributed by atoms with van der Waals surface area (Å²) >= 11 is 0. The van der Waals surface area contributed by atoms with E-state index in [4.69, 9.17) is 14.2 Å². The monoisotopic (exact) mass is 470 g/mol. The summed E-state index contributed by atoms with van der Waals surface area (Å²) in [6.45, 7) is 23.9. The molecule has 0 amide bonds. The highest BCUT2D eigenvalue weighted by Gasteiger charge is 2.79. The maximum atomic E-state index is 6.93. The molecular weight excluding hydrogens is 422 g/mol. The molecule has 4 bridgehead atoms. The van der Waals surface area contributed by atoms with Gasteiger partial charge in [-0.1, -0.05) is 55.9 Å². The van der Waals surface area contributed by atoms with Crippen LogP contribution >= 0.6 is 17.2 Å². The Morgan fingerprint density at radius 1 is 0.806 bits per heavy atom. The molecule has 1 aliphatic carbocycles. The molecule has 5 unspecified atom stereocenters. The largest absolute Gasteiger partial charge is 0.343 e. The second-order valence-electron chi connectivity index (χ2n) is 13.8. The highest BCUT2D eigenvalue weighted by atomic mass is 31.1. The summed E-state index contributed by atoms with van der Waals surface area (Å²) in [7, 11) is 3.03. The second-order valence-corrected chi connectivity index (χ2v) is 18.1. The zero-order valence-electron chi connectivity index (χ0n) is 21.9. The van der Waals surface area contributed by atoms with Crippen molar-refractivity contribution in [3.05, 3.63) is 0 Å². The van der Waals surface area contributed by atoms with E-state index in [-0.39, 0.29) is 24.5 Å². The fourth-order valence-electron chi connectivity index (χ4n) is 9.01. The quantitative estimate of drug-likeness (QED) is 0.408. The van der Waals surface area contributed by atoms with Crippen LogP contribution in [0.15, 0.2) is 0 Å². The van der Waals surface area contributed by atoms with Gasteiger partial charge in [0.25, 0.3) is 0 Å². The Labute approximate surface area is 195 Å². The van der Waals surface area contributed by atoms with Crippen LogP contribution in [0, 0.1) is 17.3 Å². The lowest BCUT2D eigenvalue weighted by Crippen LogP contribution is -2.83. The zero-order valence-corrected chi connectivity index (χ0v) is 23.9. The number of hydrogen-bond donors (Lipinski definition) is 0. The van der Waals surface area contributed by atoms with E-state index in [0.29, 0.717) is 16.2 Å². The molecule has 7 atom stereocenters. The summed E-state index contributed by atoms with van der Waals surface area (Å²) in [6, 6.07) is 0. The van der Waals surface area contributed by atoms with Crippen LogP contribution in [0.3, 0.4) is 0 Å². The molecule has 180 valence electrons. The molecule has 0 aromatic heterocycles. The van der Waals surface area contributed by atoms with Gasteiger partial charge in [0.2, 0.25) is 0 Å². The van der Waals surface area contributed by atoms with Crippen LogP contribution in [-0.2, 0) is 14.2 Å². The van der Waals surface area contributed by atoms with Crippen molar-refractivity contribution >= 4 is 17.2 Å². The standard InChI is InChI=1S/C26H48O3P2/c1-20(2,3)31(21(4,5)6)14-18-12-11-13-19(18)26(17-30)22(7)15-24(9)28-23(26,8)16-25(10,27-22)29-24/h18-19H,11-17,30H2,1-10H3/t18-,19-,22?,23?,24?,25?,26?/m1/s1. The Kier molecular flexibility index (Phi) is 5.72.